The van der Waals surface area contributed by atoms with Crippen molar-refractivity contribution in [2.24, 2.45) is 11.1 Å². The van der Waals surface area contributed by atoms with Crippen LogP contribution in [0.5, 0.6) is 0 Å². The fourth-order valence-electron chi connectivity index (χ4n) is 3.66. The molecule has 1 aliphatic rings. The summed E-state index contributed by atoms with van der Waals surface area (Å²) in [6, 6.07) is 9.39. The fourth-order valence-corrected chi connectivity index (χ4v) is 4.36. The number of carbonyl (C=O) groups excluding carboxylic acids is 2. The molecule has 9 nitrogen and oxygen atoms in total. The number of aromatic nitrogens is 1. The summed E-state index contributed by atoms with van der Waals surface area (Å²) in [6.45, 7) is 5.81. The number of thiazole rings is 1. The van der Waals surface area contributed by atoms with Crippen LogP contribution in [0, 0.1) is 12.8 Å². The number of nitrogens with zero attached hydrogens (tertiary/aromatic N) is 2. The van der Waals surface area contributed by atoms with Crippen molar-refractivity contribution in [3.05, 3.63) is 52.0 Å². The lowest BCUT2D eigenvalue weighted by atomic mass is 9.74. The zero-order valence-electron chi connectivity index (χ0n) is 18.9. The number of oxime groups is 1. The first kappa shape index (κ1) is 24.9. The minimum absolute atomic E-state index is 0.123. The van der Waals surface area contributed by atoms with Gasteiger partial charge in [-0.25, -0.2) is 4.98 Å². The van der Waals surface area contributed by atoms with E-state index >= 15 is 0 Å². The summed E-state index contributed by atoms with van der Waals surface area (Å²) in [5.74, 6) is -1.45. The normalized spacial score (nSPS) is 18.4. The number of amides is 2. The molecule has 0 fully saturated rings. The number of nitrogens with one attached hydrogen (secondary N) is 2. The fraction of sp³-hybridized carbons (Fsp3) is 0.455. The van der Waals surface area contributed by atoms with Gasteiger partial charge in [0.1, 0.15) is 4.88 Å². The van der Waals surface area contributed by atoms with Gasteiger partial charge in [-0.2, -0.15) is 0 Å². The Morgan fingerprint density at radius 3 is 2.61 bits per heavy atom. The molecule has 0 saturated carbocycles. The maximum Gasteiger partial charge on any atom is 0.475 e. The van der Waals surface area contributed by atoms with Crippen LogP contribution in [0.3, 0.4) is 0 Å². The maximum absolute atomic E-state index is 13.4. The molecule has 33 heavy (non-hydrogen) atoms. The predicted molar refractivity (Wildman–Crippen MR) is 127 cm³/mol. The van der Waals surface area contributed by atoms with Crippen LogP contribution in [0.4, 0.5) is 0 Å². The van der Waals surface area contributed by atoms with Gasteiger partial charge < -0.3 is 25.5 Å². The molecular formula is C22H29BN4O5S. The van der Waals surface area contributed by atoms with E-state index in [1.165, 1.54) is 17.5 Å². The largest absolute Gasteiger partial charge is 0.475 e. The first-order valence-corrected chi connectivity index (χ1v) is 11.7. The number of carbonyl (C=O) groups is 2. The van der Waals surface area contributed by atoms with Gasteiger partial charge in [-0.1, -0.05) is 49.3 Å². The molecule has 1 aromatic heterocycles. The van der Waals surface area contributed by atoms with E-state index in [2.05, 4.69) is 20.8 Å². The van der Waals surface area contributed by atoms with E-state index in [1.54, 1.807) is 0 Å². The first-order chi connectivity index (χ1) is 15.7. The van der Waals surface area contributed by atoms with E-state index in [0.29, 0.717) is 17.0 Å². The third-order valence-electron chi connectivity index (χ3n) is 5.29. The smallest absolute Gasteiger partial charge is 0.426 e. The molecular weight excluding hydrogens is 443 g/mol. The average molecular weight is 472 g/mol. The topological polar surface area (TPSA) is 133 Å². The van der Waals surface area contributed by atoms with Crippen molar-refractivity contribution >= 4 is 36.0 Å². The highest BCUT2D eigenvalue weighted by Crippen LogP contribution is 2.29. The summed E-state index contributed by atoms with van der Waals surface area (Å²) in [4.78, 5) is 36.0. The number of hydrogen-bond acceptors (Lipinski definition) is 8. The number of aryl methyl sites for hydroxylation is 1. The Hall–Kier alpha value is -2.76. The zero-order chi connectivity index (χ0) is 24.0. The van der Waals surface area contributed by atoms with E-state index < -0.39 is 24.6 Å². The number of rotatable bonds is 10. The Kier molecular flexibility index (Phi) is 8.22. The third-order valence-corrected chi connectivity index (χ3v) is 6.20. The average Bonchev–Trinajstić information content (AvgIpc) is 3.39. The highest BCUT2D eigenvalue weighted by molar-refractivity contribution is 7.13. The van der Waals surface area contributed by atoms with Gasteiger partial charge in [0, 0.05) is 12.8 Å². The maximum atomic E-state index is 13.4. The van der Waals surface area contributed by atoms with Crippen LogP contribution in [-0.2, 0) is 16.1 Å². The molecule has 2 heterocycles. The van der Waals surface area contributed by atoms with Crippen molar-refractivity contribution in [2.75, 3.05) is 6.54 Å². The standard InChI is InChI=1S/C22H29BN4O5S/c1-14(2)9-19(23(30)31)26-21(29)22(10-16-7-5-4-6-8-16)11-17(27-32-22)12-25-20(28)18-13-24-15(3)33-18/h4-8,13-14,19,30-31H,9-12H2,1-3H3,(H,25,28)(H,26,29)/t19-,22?/m0/s1. The van der Waals surface area contributed by atoms with Gasteiger partial charge in [-0.3, -0.25) is 9.59 Å². The Morgan fingerprint density at radius 2 is 2.00 bits per heavy atom. The molecule has 0 saturated heterocycles. The minimum atomic E-state index is -1.70. The van der Waals surface area contributed by atoms with Crippen LogP contribution in [0.15, 0.2) is 41.7 Å². The van der Waals surface area contributed by atoms with Crippen molar-refractivity contribution in [3.63, 3.8) is 0 Å². The van der Waals surface area contributed by atoms with Crippen LogP contribution in [0.1, 0.15) is 46.9 Å². The van der Waals surface area contributed by atoms with E-state index in [9.17, 15) is 19.6 Å². The van der Waals surface area contributed by atoms with Crippen LogP contribution < -0.4 is 10.6 Å². The second kappa shape index (κ2) is 10.9. The Morgan fingerprint density at radius 1 is 1.27 bits per heavy atom. The molecule has 3 rings (SSSR count). The van der Waals surface area contributed by atoms with Gasteiger partial charge in [-0.05, 0) is 24.8 Å². The first-order valence-electron chi connectivity index (χ1n) is 10.8. The SMILES string of the molecule is Cc1ncc(C(=O)NCC2=NOC(Cc3ccccc3)(C(=O)N[C@@H](CC(C)C)B(O)O)C2)s1. The molecule has 2 aromatic rings. The second-order valence-corrected chi connectivity index (χ2v) is 9.87. The molecule has 11 heteroatoms. The number of hydrogen-bond donors (Lipinski definition) is 4. The molecule has 4 N–H and O–H groups in total. The zero-order valence-corrected chi connectivity index (χ0v) is 19.8. The molecule has 1 aromatic carbocycles. The van der Waals surface area contributed by atoms with Crippen LogP contribution >= 0.6 is 11.3 Å². The van der Waals surface area contributed by atoms with Crippen LogP contribution in [0.2, 0.25) is 0 Å². The molecule has 1 unspecified atom stereocenters. The van der Waals surface area contributed by atoms with E-state index in [-0.39, 0.29) is 31.2 Å². The summed E-state index contributed by atoms with van der Waals surface area (Å²) >= 11 is 1.29. The summed E-state index contributed by atoms with van der Waals surface area (Å²) in [5.41, 5.74) is 0.0333. The minimum Gasteiger partial charge on any atom is -0.426 e. The third kappa shape index (κ3) is 6.62. The lowest BCUT2D eigenvalue weighted by Crippen LogP contribution is -2.56. The molecule has 0 aliphatic carbocycles. The van der Waals surface area contributed by atoms with Gasteiger partial charge in [0.2, 0.25) is 5.60 Å². The van der Waals surface area contributed by atoms with Crippen molar-refractivity contribution in [3.8, 4) is 0 Å². The highest BCUT2D eigenvalue weighted by atomic mass is 32.1. The quantitative estimate of drug-likeness (QED) is 0.387. The Balaban J connectivity index is 1.72. The van der Waals surface area contributed by atoms with Crippen LogP contribution in [0.25, 0.3) is 0 Å². The second-order valence-electron chi connectivity index (χ2n) is 8.63. The van der Waals surface area contributed by atoms with Gasteiger partial charge >= 0.3 is 7.12 Å². The molecule has 1 aliphatic heterocycles. The van der Waals surface area contributed by atoms with Gasteiger partial charge in [0.25, 0.3) is 11.8 Å². The van der Waals surface area contributed by atoms with Gasteiger partial charge in [-0.15, -0.1) is 11.3 Å². The van der Waals surface area contributed by atoms with Crippen molar-refractivity contribution < 1.29 is 24.5 Å². The molecule has 0 spiro atoms. The van der Waals surface area contributed by atoms with Crippen molar-refractivity contribution in [1.82, 2.24) is 15.6 Å². The van der Waals surface area contributed by atoms with Crippen molar-refractivity contribution in [1.29, 1.82) is 0 Å². The molecule has 0 bridgehead atoms. The van der Waals surface area contributed by atoms with Gasteiger partial charge in [0.05, 0.1) is 29.4 Å². The lowest BCUT2D eigenvalue weighted by Gasteiger charge is -2.29. The monoisotopic (exact) mass is 472 g/mol. The Labute approximate surface area is 197 Å². The summed E-state index contributed by atoms with van der Waals surface area (Å²) in [6.07, 6.45) is 2.31. The van der Waals surface area contributed by atoms with E-state index in [0.717, 1.165) is 10.6 Å². The summed E-state index contributed by atoms with van der Waals surface area (Å²) < 4.78 is 0. The van der Waals surface area contributed by atoms with E-state index in [1.807, 2.05) is 51.1 Å². The number of benzene rings is 1. The van der Waals surface area contributed by atoms with E-state index in [4.69, 9.17) is 4.84 Å². The van der Waals surface area contributed by atoms with Gasteiger partial charge in [0.15, 0.2) is 0 Å². The van der Waals surface area contributed by atoms with Crippen molar-refractivity contribution in [2.45, 2.75) is 51.6 Å². The molecule has 0 radical (unpaired) electrons. The lowest BCUT2D eigenvalue weighted by molar-refractivity contribution is -0.144. The highest BCUT2D eigenvalue weighted by Gasteiger charge is 2.48. The molecule has 2 amide bonds. The van der Waals surface area contributed by atoms with Crippen LogP contribution in [-0.4, -0.2) is 57.8 Å². The molecule has 2 atom stereocenters. The molecule has 176 valence electrons. The summed E-state index contributed by atoms with van der Waals surface area (Å²) in [7, 11) is -1.70. The predicted octanol–water partition coefficient (Wildman–Crippen LogP) is 1.48. The summed E-state index contributed by atoms with van der Waals surface area (Å²) in [5, 5.41) is 29.9. The Bertz CT molecular complexity index is 998.